The molecule has 5 nitrogen and oxygen atoms in total. The van der Waals surface area contributed by atoms with Gasteiger partial charge in [0.2, 0.25) is 0 Å². The number of allylic oxidation sites excluding steroid dienone is 2. The molecule has 0 amide bonds. The molecule has 122 valence electrons. The summed E-state index contributed by atoms with van der Waals surface area (Å²) in [5.74, 6) is 1.16. The van der Waals surface area contributed by atoms with E-state index in [1.54, 1.807) is 0 Å². The Labute approximate surface area is 135 Å². The van der Waals surface area contributed by atoms with E-state index >= 15 is 0 Å². The van der Waals surface area contributed by atoms with Crippen molar-refractivity contribution >= 4 is 11.7 Å². The van der Waals surface area contributed by atoms with Gasteiger partial charge >= 0.3 is 5.97 Å². The number of benzene rings is 1. The Bertz CT molecular complexity index is 643. The maximum atomic E-state index is 12.0. The molecule has 0 spiro atoms. The normalized spacial score (nSPS) is 17.0. The van der Waals surface area contributed by atoms with Gasteiger partial charge in [-0.2, -0.15) is 0 Å². The van der Waals surface area contributed by atoms with Crippen LogP contribution < -0.4 is 0 Å². The Morgan fingerprint density at radius 1 is 1.39 bits per heavy atom. The standard InChI is InChI=1S/C18H21NO4/c1-12(2)16-5-4-14(11-16)10-13(3)23-18(20)15-6-8-17(9-7-15)19(21)22/h4,6-9,12,16H,3,5,10-11H2,1-2H3. The van der Waals surface area contributed by atoms with Gasteiger partial charge < -0.3 is 4.74 Å². The van der Waals surface area contributed by atoms with Crippen molar-refractivity contribution in [2.75, 3.05) is 0 Å². The van der Waals surface area contributed by atoms with Crippen LogP contribution in [-0.2, 0) is 4.74 Å². The molecule has 1 aromatic rings. The zero-order chi connectivity index (χ0) is 17.0. The van der Waals surface area contributed by atoms with Crippen molar-refractivity contribution in [3.8, 4) is 0 Å². The molecule has 5 heteroatoms. The average Bonchev–Trinajstić information content (AvgIpc) is 2.95. The number of nitrogens with zero attached hydrogens (tertiary/aromatic N) is 1. The second-order valence-electron chi connectivity index (χ2n) is 6.22. The van der Waals surface area contributed by atoms with Crippen LogP contribution in [0.25, 0.3) is 0 Å². The number of non-ortho nitro benzene ring substituents is 1. The van der Waals surface area contributed by atoms with Gasteiger partial charge in [-0.3, -0.25) is 10.1 Å². The molecular formula is C18H21NO4. The first-order valence-electron chi connectivity index (χ1n) is 7.69. The summed E-state index contributed by atoms with van der Waals surface area (Å²) in [7, 11) is 0. The fourth-order valence-electron chi connectivity index (χ4n) is 2.67. The van der Waals surface area contributed by atoms with Crippen molar-refractivity contribution in [2.24, 2.45) is 11.8 Å². The van der Waals surface area contributed by atoms with Crippen LogP contribution in [0, 0.1) is 22.0 Å². The maximum Gasteiger partial charge on any atom is 0.343 e. The van der Waals surface area contributed by atoms with E-state index in [9.17, 15) is 14.9 Å². The molecular weight excluding hydrogens is 294 g/mol. The number of hydrogen-bond donors (Lipinski definition) is 0. The highest BCUT2D eigenvalue weighted by molar-refractivity contribution is 5.90. The lowest BCUT2D eigenvalue weighted by atomic mass is 9.92. The van der Waals surface area contributed by atoms with E-state index < -0.39 is 10.9 Å². The van der Waals surface area contributed by atoms with E-state index in [1.165, 1.54) is 29.8 Å². The lowest BCUT2D eigenvalue weighted by Gasteiger charge is -2.14. The first-order valence-corrected chi connectivity index (χ1v) is 7.69. The van der Waals surface area contributed by atoms with Crippen LogP contribution in [0.2, 0.25) is 0 Å². The van der Waals surface area contributed by atoms with Crippen molar-refractivity contribution in [3.05, 3.63) is 63.9 Å². The first kappa shape index (κ1) is 16.9. The lowest BCUT2D eigenvalue weighted by Crippen LogP contribution is -2.06. The van der Waals surface area contributed by atoms with E-state index in [-0.39, 0.29) is 11.3 Å². The van der Waals surface area contributed by atoms with Crippen molar-refractivity contribution in [1.29, 1.82) is 0 Å². The minimum atomic E-state index is -0.538. The third kappa shape index (κ3) is 4.52. The van der Waals surface area contributed by atoms with Crippen molar-refractivity contribution < 1.29 is 14.5 Å². The monoisotopic (exact) mass is 315 g/mol. The van der Waals surface area contributed by atoms with E-state index in [4.69, 9.17) is 4.74 Å². The summed E-state index contributed by atoms with van der Waals surface area (Å²) in [5, 5.41) is 10.6. The van der Waals surface area contributed by atoms with Crippen LogP contribution in [0.4, 0.5) is 5.69 Å². The van der Waals surface area contributed by atoms with E-state index in [0.29, 0.717) is 24.0 Å². The highest BCUT2D eigenvalue weighted by Crippen LogP contribution is 2.33. The van der Waals surface area contributed by atoms with Crippen molar-refractivity contribution in [2.45, 2.75) is 33.1 Å². The van der Waals surface area contributed by atoms with Crippen molar-refractivity contribution in [3.63, 3.8) is 0 Å². The molecule has 0 saturated carbocycles. The summed E-state index contributed by atoms with van der Waals surface area (Å²) in [6.07, 6.45) is 4.85. The number of nitro groups is 1. The van der Waals surface area contributed by atoms with Gasteiger partial charge in [-0.1, -0.05) is 32.1 Å². The largest absolute Gasteiger partial charge is 0.428 e. The predicted octanol–water partition coefficient (Wildman–Crippen LogP) is 4.65. The Morgan fingerprint density at radius 3 is 2.57 bits per heavy atom. The van der Waals surface area contributed by atoms with Gasteiger partial charge in [0, 0.05) is 18.6 Å². The van der Waals surface area contributed by atoms with Gasteiger partial charge in [0.1, 0.15) is 5.76 Å². The molecule has 0 fully saturated rings. The summed E-state index contributed by atoms with van der Waals surface area (Å²) in [5.41, 5.74) is 1.47. The average molecular weight is 315 g/mol. The molecule has 0 aliphatic heterocycles. The summed E-state index contributed by atoms with van der Waals surface area (Å²) >= 11 is 0. The SMILES string of the molecule is C=C(CC1=CCC(C(C)C)C1)OC(=O)c1ccc([N+](=O)[O-])cc1. The van der Waals surface area contributed by atoms with Crippen LogP contribution in [0.5, 0.6) is 0 Å². The van der Waals surface area contributed by atoms with Crippen LogP contribution in [0.3, 0.4) is 0 Å². The zero-order valence-electron chi connectivity index (χ0n) is 13.5. The molecule has 23 heavy (non-hydrogen) atoms. The van der Waals surface area contributed by atoms with E-state index in [2.05, 4.69) is 26.5 Å². The summed E-state index contributed by atoms with van der Waals surface area (Å²) < 4.78 is 5.25. The Hall–Kier alpha value is -2.43. The molecule has 0 saturated heterocycles. The second kappa shape index (κ2) is 7.22. The lowest BCUT2D eigenvalue weighted by molar-refractivity contribution is -0.384. The number of carbonyl (C=O) groups is 1. The third-order valence-corrected chi connectivity index (χ3v) is 4.15. The van der Waals surface area contributed by atoms with Gasteiger partial charge in [-0.15, -0.1) is 0 Å². The second-order valence-corrected chi connectivity index (χ2v) is 6.22. The Morgan fingerprint density at radius 2 is 2.04 bits per heavy atom. The fourth-order valence-corrected chi connectivity index (χ4v) is 2.67. The number of carbonyl (C=O) groups excluding carboxylic acids is 1. The number of nitro benzene ring substituents is 1. The number of rotatable bonds is 6. The topological polar surface area (TPSA) is 69.4 Å². The molecule has 0 aromatic heterocycles. The molecule has 1 aliphatic rings. The minimum absolute atomic E-state index is 0.0591. The van der Waals surface area contributed by atoms with Gasteiger partial charge in [0.25, 0.3) is 5.69 Å². The molecule has 2 rings (SSSR count). The molecule has 1 aliphatic carbocycles. The van der Waals surface area contributed by atoms with E-state index in [0.717, 1.165) is 12.8 Å². The summed E-state index contributed by atoms with van der Waals surface area (Å²) in [6, 6.07) is 5.34. The van der Waals surface area contributed by atoms with Gasteiger partial charge in [0.15, 0.2) is 0 Å². The molecule has 1 unspecified atom stereocenters. The van der Waals surface area contributed by atoms with E-state index in [1.807, 2.05) is 0 Å². The summed E-state index contributed by atoms with van der Waals surface area (Å²) in [6.45, 7) is 8.23. The zero-order valence-corrected chi connectivity index (χ0v) is 13.5. The number of ether oxygens (including phenoxy) is 1. The molecule has 1 atom stereocenters. The Balaban J connectivity index is 1.88. The van der Waals surface area contributed by atoms with Crippen LogP contribution in [0.1, 0.15) is 43.5 Å². The number of hydrogen-bond acceptors (Lipinski definition) is 4. The third-order valence-electron chi connectivity index (χ3n) is 4.15. The predicted molar refractivity (Wildman–Crippen MR) is 87.9 cm³/mol. The first-order chi connectivity index (χ1) is 10.9. The highest BCUT2D eigenvalue weighted by Gasteiger charge is 2.21. The smallest absolute Gasteiger partial charge is 0.343 e. The van der Waals surface area contributed by atoms with Crippen LogP contribution >= 0.6 is 0 Å². The van der Waals surface area contributed by atoms with Gasteiger partial charge in [-0.25, -0.2) is 4.79 Å². The molecule has 0 N–H and O–H groups in total. The minimum Gasteiger partial charge on any atom is -0.428 e. The molecule has 0 bridgehead atoms. The summed E-state index contributed by atoms with van der Waals surface area (Å²) in [4.78, 5) is 22.1. The quantitative estimate of drug-likeness (QED) is 0.252. The van der Waals surface area contributed by atoms with Crippen LogP contribution in [0.15, 0.2) is 48.3 Å². The Kier molecular flexibility index (Phi) is 5.32. The number of esters is 1. The van der Waals surface area contributed by atoms with Crippen LogP contribution in [-0.4, -0.2) is 10.9 Å². The fraction of sp³-hybridized carbons (Fsp3) is 0.389. The maximum absolute atomic E-state index is 12.0. The molecule has 0 heterocycles. The highest BCUT2D eigenvalue weighted by atomic mass is 16.6. The molecule has 1 aromatic carbocycles. The molecule has 0 radical (unpaired) electrons. The van der Waals surface area contributed by atoms with Gasteiger partial charge in [0.05, 0.1) is 10.5 Å². The van der Waals surface area contributed by atoms with Gasteiger partial charge in [-0.05, 0) is 36.8 Å². The van der Waals surface area contributed by atoms with Crippen molar-refractivity contribution in [1.82, 2.24) is 0 Å².